The van der Waals surface area contributed by atoms with E-state index in [2.05, 4.69) is 9.98 Å². The van der Waals surface area contributed by atoms with Crippen molar-refractivity contribution in [3.63, 3.8) is 0 Å². The molecule has 2 N–H and O–H groups in total. The van der Waals surface area contributed by atoms with Gasteiger partial charge in [0.15, 0.2) is 0 Å². The van der Waals surface area contributed by atoms with E-state index in [-0.39, 0.29) is 11.4 Å². The molecular formula is C15H12ClN3O2. The lowest BCUT2D eigenvalue weighted by molar-refractivity contribution is 0.450. The van der Waals surface area contributed by atoms with Crippen LogP contribution in [0.15, 0.2) is 28.0 Å². The second kappa shape index (κ2) is 5.81. The lowest BCUT2D eigenvalue weighted by Crippen LogP contribution is -2.14. The highest BCUT2D eigenvalue weighted by Gasteiger charge is 2.12. The molecule has 0 atom stereocenters. The van der Waals surface area contributed by atoms with E-state index >= 15 is 0 Å². The minimum atomic E-state index is -0.622. The summed E-state index contributed by atoms with van der Waals surface area (Å²) in [4.78, 5) is 17.9. The predicted molar refractivity (Wildman–Crippen MR) is 81.6 cm³/mol. The normalized spacial score (nSPS) is 10.8. The molecule has 5 nitrogen and oxygen atoms in total. The molecule has 1 aromatic carbocycles. The van der Waals surface area contributed by atoms with Crippen molar-refractivity contribution >= 4 is 23.5 Å². The van der Waals surface area contributed by atoms with Gasteiger partial charge >= 0.3 is 0 Å². The van der Waals surface area contributed by atoms with Gasteiger partial charge in [0.25, 0.3) is 5.56 Å². The fraction of sp³-hybridized carbons (Fsp3) is 0.133. The Morgan fingerprint density at radius 2 is 2.14 bits per heavy atom. The molecular weight excluding hydrogens is 290 g/mol. The highest BCUT2D eigenvalue weighted by Crippen LogP contribution is 2.23. The number of aromatic nitrogens is 1. The molecule has 0 amide bonds. The number of nitriles is 1. The second-order valence-corrected chi connectivity index (χ2v) is 4.93. The number of hydrogen-bond acceptors (Lipinski definition) is 4. The first kappa shape index (κ1) is 14.8. The van der Waals surface area contributed by atoms with Crippen molar-refractivity contribution in [2.75, 3.05) is 0 Å². The Morgan fingerprint density at radius 3 is 2.76 bits per heavy atom. The molecule has 0 radical (unpaired) electrons. The van der Waals surface area contributed by atoms with E-state index in [1.165, 1.54) is 6.21 Å². The quantitative estimate of drug-likeness (QED) is 0.836. The van der Waals surface area contributed by atoms with E-state index in [1.54, 1.807) is 19.1 Å². The monoisotopic (exact) mass is 301 g/mol. The van der Waals surface area contributed by atoms with Crippen LogP contribution in [0.25, 0.3) is 0 Å². The molecule has 2 aromatic rings. The van der Waals surface area contributed by atoms with Crippen LogP contribution in [0.1, 0.15) is 22.3 Å². The van der Waals surface area contributed by atoms with Gasteiger partial charge in [0.05, 0.1) is 11.3 Å². The van der Waals surface area contributed by atoms with Gasteiger partial charge in [-0.05, 0) is 37.1 Å². The number of pyridine rings is 1. The van der Waals surface area contributed by atoms with Crippen molar-refractivity contribution in [1.29, 1.82) is 5.26 Å². The van der Waals surface area contributed by atoms with Crippen LogP contribution >= 0.6 is 11.6 Å². The van der Waals surface area contributed by atoms with Crippen molar-refractivity contribution in [2.45, 2.75) is 13.8 Å². The van der Waals surface area contributed by atoms with Crippen molar-refractivity contribution in [3.05, 3.63) is 55.8 Å². The Kier molecular flexibility index (Phi) is 4.10. The molecule has 0 fully saturated rings. The number of hydrogen-bond donors (Lipinski definition) is 2. The van der Waals surface area contributed by atoms with Gasteiger partial charge in [0.1, 0.15) is 11.6 Å². The molecule has 1 heterocycles. The predicted octanol–water partition coefficient (Wildman–Crippen LogP) is 2.97. The van der Waals surface area contributed by atoms with Gasteiger partial charge in [-0.2, -0.15) is 5.26 Å². The van der Waals surface area contributed by atoms with Crippen LogP contribution in [0.3, 0.4) is 0 Å². The molecule has 0 aliphatic carbocycles. The smallest absolute Gasteiger partial charge is 0.268 e. The number of aryl methyl sites for hydroxylation is 1. The van der Waals surface area contributed by atoms with E-state index in [0.717, 1.165) is 5.56 Å². The number of aliphatic imine (C=N–C) groups is 1. The maximum atomic E-state index is 11.5. The molecule has 0 bridgehead atoms. The van der Waals surface area contributed by atoms with Gasteiger partial charge in [0, 0.05) is 11.2 Å². The van der Waals surface area contributed by atoms with E-state index in [4.69, 9.17) is 16.9 Å². The summed E-state index contributed by atoms with van der Waals surface area (Å²) in [5.41, 5.74) is 1.54. The van der Waals surface area contributed by atoms with Gasteiger partial charge < -0.3 is 5.11 Å². The Morgan fingerprint density at radius 1 is 1.43 bits per heavy atom. The first-order valence-electron chi connectivity index (χ1n) is 6.10. The molecule has 0 aliphatic heterocycles. The number of benzene rings is 1. The largest absolute Gasteiger partial charge is 0.494 e. The van der Waals surface area contributed by atoms with Crippen LogP contribution in [0.4, 0.5) is 5.69 Å². The minimum Gasteiger partial charge on any atom is -0.494 e. The molecule has 0 saturated carbocycles. The zero-order chi connectivity index (χ0) is 15.6. The highest BCUT2D eigenvalue weighted by molar-refractivity contribution is 6.31. The summed E-state index contributed by atoms with van der Waals surface area (Å²) in [7, 11) is 0. The molecule has 0 spiro atoms. The number of halogens is 1. The molecule has 0 aliphatic rings. The molecule has 1 aromatic heterocycles. The third-order valence-corrected chi connectivity index (χ3v) is 3.51. The number of H-pyrrole nitrogens is 1. The summed E-state index contributed by atoms with van der Waals surface area (Å²) >= 11 is 6.01. The SMILES string of the molecule is Cc1ccc(N=Cc2c(O)[nH]c(=O)c(C#N)c2C)cc1Cl. The summed E-state index contributed by atoms with van der Waals surface area (Å²) < 4.78 is 0. The third kappa shape index (κ3) is 2.96. The Balaban J connectivity index is 2.49. The van der Waals surface area contributed by atoms with Crippen LogP contribution in [0.2, 0.25) is 5.02 Å². The van der Waals surface area contributed by atoms with Gasteiger partial charge in [-0.3, -0.25) is 14.8 Å². The lowest BCUT2D eigenvalue weighted by Gasteiger charge is -2.04. The van der Waals surface area contributed by atoms with Crippen molar-refractivity contribution < 1.29 is 5.11 Å². The van der Waals surface area contributed by atoms with Crippen LogP contribution in [0, 0.1) is 25.2 Å². The van der Waals surface area contributed by atoms with E-state index in [0.29, 0.717) is 21.8 Å². The number of aromatic amines is 1. The lowest BCUT2D eigenvalue weighted by atomic mass is 10.1. The summed E-state index contributed by atoms with van der Waals surface area (Å²) in [5.74, 6) is -0.321. The van der Waals surface area contributed by atoms with E-state index in [1.807, 2.05) is 19.1 Å². The van der Waals surface area contributed by atoms with Crippen LogP contribution in [-0.2, 0) is 0 Å². The highest BCUT2D eigenvalue weighted by atomic mass is 35.5. The topological polar surface area (TPSA) is 89.2 Å². The molecule has 0 saturated heterocycles. The molecule has 0 unspecified atom stereocenters. The first-order valence-corrected chi connectivity index (χ1v) is 6.48. The summed E-state index contributed by atoms with van der Waals surface area (Å²) in [6.07, 6.45) is 1.39. The van der Waals surface area contributed by atoms with E-state index in [9.17, 15) is 9.90 Å². The van der Waals surface area contributed by atoms with Gasteiger partial charge in [0.2, 0.25) is 5.88 Å². The van der Waals surface area contributed by atoms with Crippen molar-refractivity contribution in [1.82, 2.24) is 4.98 Å². The number of aromatic hydroxyl groups is 1. The first-order chi connectivity index (χ1) is 9.93. The molecule has 106 valence electrons. The van der Waals surface area contributed by atoms with Gasteiger partial charge in [-0.1, -0.05) is 17.7 Å². The van der Waals surface area contributed by atoms with E-state index < -0.39 is 5.56 Å². The Labute approximate surface area is 126 Å². The maximum absolute atomic E-state index is 11.5. The Bertz CT molecular complexity index is 832. The molecule has 21 heavy (non-hydrogen) atoms. The zero-order valence-electron chi connectivity index (χ0n) is 11.4. The molecule has 6 heteroatoms. The van der Waals surface area contributed by atoms with Gasteiger partial charge in [-0.25, -0.2) is 0 Å². The third-order valence-electron chi connectivity index (χ3n) is 3.10. The van der Waals surface area contributed by atoms with Crippen LogP contribution < -0.4 is 5.56 Å². The zero-order valence-corrected chi connectivity index (χ0v) is 12.2. The number of rotatable bonds is 2. The van der Waals surface area contributed by atoms with Crippen LogP contribution in [0.5, 0.6) is 5.88 Å². The summed E-state index contributed by atoms with van der Waals surface area (Å²) in [6.45, 7) is 3.46. The minimum absolute atomic E-state index is 0.0452. The summed E-state index contributed by atoms with van der Waals surface area (Å²) in [6, 6.07) is 7.11. The average molecular weight is 302 g/mol. The standard InChI is InChI=1S/C15H12ClN3O2/c1-8-3-4-10(5-13(8)16)18-7-12-9(2)11(6-17)14(20)19-15(12)21/h3-5,7H,1-2H3,(H2,19,20,21). The fourth-order valence-electron chi connectivity index (χ4n) is 1.81. The number of nitrogens with one attached hydrogen (secondary N) is 1. The average Bonchev–Trinajstić information content (AvgIpc) is 2.42. The van der Waals surface area contributed by atoms with Crippen molar-refractivity contribution in [3.8, 4) is 11.9 Å². The Hall–Kier alpha value is -2.58. The second-order valence-electron chi connectivity index (χ2n) is 4.52. The van der Waals surface area contributed by atoms with Crippen LogP contribution in [-0.4, -0.2) is 16.3 Å². The molecule has 2 rings (SSSR count). The van der Waals surface area contributed by atoms with Gasteiger partial charge in [-0.15, -0.1) is 0 Å². The van der Waals surface area contributed by atoms with Crippen molar-refractivity contribution in [2.24, 2.45) is 4.99 Å². The maximum Gasteiger partial charge on any atom is 0.268 e. The fourth-order valence-corrected chi connectivity index (χ4v) is 1.99. The number of nitrogens with zero attached hydrogens (tertiary/aromatic N) is 2. The summed E-state index contributed by atoms with van der Waals surface area (Å²) in [5, 5.41) is 19.3.